The Morgan fingerprint density at radius 1 is 1.36 bits per heavy atom. The summed E-state index contributed by atoms with van der Waals surface area (Å²) in [4.78, 5) is 13.4. The van der Waals surface area contributed by atoms with Crippen molar-refractivity contribution in [3.63, 3.8) is 0 Å². The molecule has 0 spiro atoms. The molecule has 1 aromatic heterocycles. The molecule has 122 valence electrons. The van der Waals surface area contributed by atoms with Crippen LogP contribution in [0.4, 0.5) is 0 Å². The molecule has 3 heterocycles. The van der Waals surface area contributed by atoms with Crippen molar-refractivity contribution in [3.8, 4) is 0 Å². The first kappa shape index (κ1) is 15.9. The number of nitrogens with two attached hydrogens (primary N) is 1. The molecule has 1 amide bonds. The zero-order valence-electron chi connectivity index (χ0n) is 12.0. The van der Waals surface area contributed by atoms with E-state index in [1.807, 2.05) is 0 Å². The lowest BCUT2D eigenvalue weighted by atomic mass is 10.1. The van der Waals surface area contributed by atoms with Crippen LogP contribution >= 0.6 is 11.3 Å². The van der Waals surface area contributed by atoms with Crippen molar-refractivity contribution in [2.24, 2.45) is 5.73 Å². The average molecular weight is 345 g/mol. The number of rotatable bonds is 5. The van der Waals surface area contributed by atoms with E-state index in [4.69, 9.17) is 10.5 Å². The molecule has 22 heavy (non-hydrogen) atoms. The monoisotopic (exact) mass is 345 g/mol. The largest absolute Gasteiger partial charge is 0.378 e. The fraction of sp³-hybridized carbons (Fsp3) is 0.615. The highest BCUT2D eigenvalue weighted by Crippen LogP contribution is 2.23. The molecule has 0 radical (unpaired) electrons. The van der Waals surface area contributed by atoms with Crippen LogP contribution in [0.15, 0.2) is 15.7 Å². The molecule has 0 unspecified atom stereocenters. The van der Waals surface area contributed by atoms with Crippen molar-refractivity contribution in [3.05, 3.63) is 17.0 Å². The summed E-state index contributed by atoms with van der Waals surface area (Å²) in [5.74, 6) is -0.628. The van der Waals surface area contributed by atoms with Gasteiger partial charge in [0.15, 0.2) is 0 Å². The summed E-state index contributed by atoms with van der Waals surface area (Å²) in [5, 5.41) is 1.46. The van der Waals surface area contributed by atoms with Gasteiger partial charge in [-0.3, -0.25) is 9.69 Å². The predicted molar refractivity (Wildman–Crippen MR) is 82.4 cm³/mol. The third-order valence-electron chi connectivity index (χ3n) is 4.09. The molecule has 1 aromatic rings. The lowest BCUT2D eigenvalue weighted by Gasteiger charge is -2.27. The Kier molecular flexibility index (Phi) is 4.51. The average Bonchev–Trinajstić information content (AvgIpc) is 3.19. The summed E-state index contributed by atoms with van der Waals surface area (Å²) >= 11 is 0.996. The molecule has 2 atom stereocenters. The maximum Gasteiger partial charge on any atom is 0.250 e. The summed E-state index contributed by atoms with van der Waals surface area (Å²) in [5.41, 5.74) is 5.38. The number of hydrogen-bond acceptors (Lipinski definition) is 6. The first-order valence-electron chi connectivity index (χ1n) is 7.20. The lowest BCUT2D eigenvalue weighted by molar-refractivity contribution is 0.100. The van der Waals surface area contributed by atoms with E-state index in [-0.39, 0.29) is 21.9 Å². The topological polar surface area (TPSA) is 102 Å². The standard InChI is InChI=1S/C13H19N3O4S2/c14-13(17)9-5-12(21-8-9)22(18,19)15-10-6-20-7-11(10)16-3-1-2-4-16/h5,8,10-11,15H,1-4,6-7H2,(H2,14,17)/t10-,11-/m0/s1. The van der Waals surface area contributed by atoms with E-state index in [1.165, 1.54) is 11.4 Å². The predicted octanol–water partition coefficient (Wildman–Crippen LogP) is -0.0115. The smallest absolute Gasteiger partial charge is 0.250 e. The zero-order valence-corrected chi connectivity index (χ0v) is 13.7. The third-order valence-corrected chi connectivity index (χ3v) is 7.02. The van der Waals surface area contributed by atoms with E-state index >= 15 is 0 Å². The maximum absolute atomic E-state index is 12.5. The van der Waals surface area contributed by atoms with E-state index in [2.05, 4.69) is 9.62 Å². The van der Waals surface area contributed by atoms with Gasteiger partial charge in [-0.25, -0.2) is 13.1 Å². The van der Waals surface area contributed by atoms with Gasteiger partial charge in [0.05, 0.1) is 30.9 Å². The molecule has 0 saturated carbocycles. The molecular formula is C13H19N3O4S2. The van der Waals surface area contributed by atoms with Crippen LogP contribution < -0.4 is 10.5 Å². The Morgan fingerprint density at radius 2 is 2.09 bits per heavy atom. The molecule has 0 aromatic carbocycles. The number of sulfonamides is 1. The highest BCUT2D eigenvalue weighted by atomic mass is 32.2. The van der Waals surface area contributed by atoms with E-state index in [0.717, 1.165) is 37.3 Å². The van der Waals surface area contributed by atoms with Crippen LogP contribution in [0, 0.1) is 0 Å². The van der Waals surface area contributed by atoms with Gasteiger partial charge in [0, 0.05) is 5.38 Å². The van der Waals surface area contributed by atoms with Crippen LogP contribution in [0.1, 0.15) is 23.2 Å². The normalized spacial score (nSPS) is 26.5. The van der Waals surface area contributed by atoms with Crippen LogP contribution in [0.2, 0.25) is 0 Å². The maximum atomic E-state index is 12.5. The lowest BCUT2D eigenvalue weighted by Crippen LogP contribution is -2.50. The molecule has 0 bridgehead atoms. The van der Waals surface area contributed by atoms with Gasteiger partial charge in [-0.05, 0) is 32.0 Å². The fourth-order valence-electron chi connectivity index (χ4n) is 2.93. The molecular weight excluding hydrogens is 326 g/mol. The summed E-state index contributed by atoms with van der Waals surface area (Å²) in [6, 6.07) is 1.13. The quantitative estimate of drug-likeness (QED) is 0.781. The number of amides is 1. The summed E-state index contributed by atoms with van der Waals surface area (Å²) < 4.78 is 33.2. The van der Waals surface area contributed by atoms with Gasteiger partial charge in [-0.2, -0.15) is 0 Å². The zero-order chi connectivity index (χ0) is 15.7. The number of carbonyl (C=O) groups is 1. The SMILES string of the molecule is NC(=O)c1csc(S(=O)(=O)N[C@H]2COC[C@@H]2N2CCCC2)c1. The third kappa shape index (κ3) is 3.18. The van der Waals surface area contributed by atoms with Crippen molar-refractivity contribution in [2.75, 3.05) is 26.3 Å². The van der Waals surface area contributed by atoms with Gasteiger partial charge >= 0.3 is 0 Å². The second kappa shape index (κ2) is 6.25. The molecule has 2 aliphatic rings. The minimum Gasteiger partial charge on any atom is -0.378 e. The minimum atomic E-state index is -3.66. The number of ether oxygens (including phenoxy) is 1. The van der Waals surface area contributed by atoms with Crippen LogP contribution in [-0.4, -0.2) is 57.6 Å². The number of nitrogens with one attached hydrogen (secondary N) is 1. The molecule has 0 aliphatic carbocycles. The molecule has 2 saturated heterocycles. The molecule has 9 heteroatoms. The van der Waals surface area contributed by atoms with Crippen LogP contribution in [0.5, 0.6) is 0 Å². The van der Waals surface area contributed by atoms with E-state index in [0.29, 0.717) is 13.2 Å². The number of primary amides is 1. The highest BCUT2D eigenvalue weighted by molar-refractivity contribution is 7.91. The molecule has 2 fully saturated rings. The van der Waals surface area contributed by atoms with Crippen LogP contribution in [-0.2, 0) is 14.8 Å². The van der Waals surface area contributed by atoms with Crippen molar-refractivity contribution in [1.29, 1.82) is 0 Å². The summed E-state index contributed by atoms with van der Waals surface area (Å²) in [7, 11) is -3.66. The molecule has 7 nitrogen and oxygen atoms in total. The van der Waals surface area contributed by atoms with Crippen molar-refractivity contribution < 1.29 is 17.9 Å². The second-order valence-corrected chi connectivity index (χ2v) is 8.45. The van der Waals surface area contributed by atoms with E-state index < -0.39 is 15.9 Å². The van der Waals surface area contributed by atoms with Gasteiger partial charge in [0.1, 0.15) is 4.21 Å². The summed E-state index contributed by atoms with van der Waals surface area (Å²) in [6.45, 7) is 2.88. The highest BCUT2D eigenvalue weighted by Gasteiger charge is 2.37. The molecule has 2 aliphatic heterocycles. The van der Waals surface area contributed by atoms with Crippen molar-refractivity contribution in [2.45, 2.75) is 29.1 Å². The minimum absolute atomic E-state index is 0.0767. The first-order chi connectivity index (χ1) is 10.5. The van der Waals surface area contributed by atoms with E-state index in [9.17, 15) is 13.2 Å². The van der Waals surface area contributed by atoms with Gasteiger partial charge < -0.3 is 10.5 Å². The van der Waals surface area contributed by atoms with Gasteiger partial charge in [-0.15, -0.1) is 11.3 Å². The number of likely N-dealkylation sites (tertiary alicyclic amines) is 1. The number of thiophene rings is 1. The number of hydrogen-bond donors (Lipinski definition) is 2. The fourth-order valence-corrected chi connectivity index (χ4v) is 5.37. The molecule has 3 N–H and O–H groups in total. The van der Waals surface area contributed by atoms with Crippen LogP contribution in [0.3, 0.4) is 0 Å². The number of carbonyl (C=O) groups excluding carboxylic acids is 1. The Morgan fingerprint density at radius 3 is 2.73 bits per heavy atom. The number of nitrogens with zero attached hydrogens (tertiary/aromatic N) is 1. The van der Waals surface area contributed by atoms with E-state index in [1.54, 1.807) is 0 Å². The Labute approximate surface area is 133 Å². The second-order valence-electron chi connectivity index (χ2n) is 5.59. The Bertz CT molecular complexity index is 652. The Hall–Kier alpha value is -1.00. The van der Waals surface area contributed by atoms with Crippen LogP contribution in [0.25, 0.3) is 0 Å². The molecule has 3 rings (SSSR count). The van der Waals surface area contributed by atoms with Crippen molar-refractivity contribution >= 4 is 27.3 Å². The summed E-state index contributed by atoms with van der Waals surface area (Å²) in [6.07, 6.45) is 2.28. The van der Waals surface area contributed by atoms with Gasteiger partial charge in [-0.1, -0.05) is 0 Å². The van der Waals surface area contributed by atoms with Gasteiger partial charge in [0.25, 0.3) is 0 Å². The first-order valence-corrected chi connectivity index (χ1v) is 9.56. The Balaban J connectivity index is 1.73. The van der Waals surface area contributed by atoms with Gasteiger partial charge in [0.2, 0.25) is 15.9 Å². The van der Waals surface area contributed by atoms with Crippen molar-refractivity contribution in [1.82, 2.24) is 9.62 Å².